The maximum absolute atomic E-state index is 12.2. The van der Waals surface area contributed by atoms with E-state index in [9.17, 15) is 8.42 Å². The molecule has 0 saturated carbocycles. The molecule has 8 rings (SSSR count). The molecule has 7 heteroatoms. The molecule has 0 aliphatic carbocycles. The number of pyridine rings is 1. The summed E-state index contributed by atoms with van der Waals surface area (Å²) in [6.07, 6.45) is 1.79. The molecule has 6 aromatic carbocycles. The molecule has 0 bridgehead atoms. The Balaban J connectivity index is 0.000000205. The average Bonchev–Trinajstić information content (AvgIpc) is 3.37. The third-order valence-electron chi connectivity index (χ3n) is 6.99. The molecular weight excluding hydrogens is 722 g/mol. The molecule has 0 spiro atoms. The number of hydrogen-bond donors (Lipinski definition) is 0. The van der Waals surface area contributed by atoms with Crippen LogP contribution in [-0.4, -0.2) is 13.4 Å². The van der Waals surface area contributed by atoms with Crippen LogP contribution < -0.4 is 10.7 Å². The molecule has 5 nitrogen and oxygen atoms in total. The second-order valence-corrected chi connectivity index (χ2v) is 10.9. The van der Waals surface area contributed by atoms with Crippen LogP contribution in [0.25, 0.3) is 54.7 Å². The first-order valence-electron chi connectivity index (χ1n) is 13.0. The van der Waals surface area contributed by atoms with Crippen molar-refractivity contribution < 1.29 is 29.5 Å². The van der Waals surface area contributed by atoms with Gasteiger partial charge in [-0.3, -0.25) is 0 Å². The molecule has 1 aliphatic rings. The first kappa shape index (κ1) is 27.6. The predicted molar refractivity (Wildman–Crippen MR) is 163 cm³/mol. The van der Waals surface area contributed by atoms with Gasteiger partial charge in [-0.2, -0.15) is 12.8 Å². The standard InChI is InChI=1S/C24H13N2O2S.C11H8N.Pt/c27-29(28)25-23-21-14-18(15-6-2-1-3-7-15)10-11-19(21)20-12-16-8-4-5-9-17(16)13-22(20)24(23)26-29;1-2-6-10(7-3-1)11-8-4-5-9-12-11;/h1-13H;1-6,8-9H;/q2*-1;+2. The largest absolute Gasteiger partial charge is 2.00 e. The fourth-order valence-electron chi connectivity index (χ4n) is 5.10. The van der Waals surface area contributed by atoms with Gasteiger partial charge in [0.05, 0.1) is 5.36 Å². The van der Waals surface area contributed by atoms with Crippen LogP contribution in [0.2, 0.25) is 0 Å². The van der Waals surface area contributed by atoms with E-state index in [1.165, 1.54) is 0 Å². The maximum atomic E-state index is 12.2. The van der Waals surface area contributed by atoms with Crippen molar-refractivity contribution in [3.63, 3.8) is 0 Å². The zero-order valence-corrected chi connectivity index (χ0v) is 25.1. The Morgan fingerprint density at radius 1 is 0.595 bits per heavy atom. The fraction of sp³-hybridized carbons (Fsp3) is 0. The molecule has 2 heterocycles. The van der Waals surface area contributed by atoms with Gasteiger partial charge < -0.3 is 4.98 Å². The summed E-state index contributed by atoms with van der Waals surface area (Å²) < 4.78 is 32.4. The summed E-state index contributed by atoms with van der Waals surface area (Å²) in [6, 6.07) is 46.3. The third kappa shape index (κ3) is 5.27. The number of fused-ring (bicyclic) bond motifs is 7. The van der Waals surface area contributed by atoms with E-state index in [0.29, 0.717) is 16.1 Å². The Labute approximate surface area is 257 Å². The van der Waals surface area contributed by atoms with Gasteiger partial charge >= 0.3 is 31.3 Å². The van der Waals surface area contributed by atoms with Crippen LogP contribution in [0, 0.1) is 12.1 Å². The smallest absolute Gasteiger partial charge is 0.305 e. The minimum absolute atomic E-state index is 0. The van der Waals surface area contributed by atoms with Crippen LogP contribution in [0.4, 0.5) is 0 Å². The van der Waals surface area contributed by atoms with Gasteiger partial charge in [-0.15, -0.1) is 64.1 Å². The third-order valence-corrected chi connectivity index (χ3v) is 7.81. The Morgan fingerprint density at radius 2 is 1.29 bits per heavy atom. The van der Waals surface area contributed by atoms with Gasteiger partial charge in [0.2, 0.25) is 0 Å². The Morgan fingerprint density at radius 3 is 2.00 bits per heavy atom. The summed E-state index contributed by atoms with van der Waals surface area (Å²) in [5.41, 5.74) is 3.91. The predicted octanol–water partition coefficient (Wildman–Crippen LogP) is 6.66. The molecule has 1 aromatic heterocycles. The number of rotatable bonds is 2. The second kappa shape index (κ2) is 11.4. The first-order valence-corrected chi connectivity index (χ1v) is 14.4. The van der Waals surface area contributed by atoms with Crippen molar-refractivity contribution in [1.82, 2.24) is 4.98 Å². The summed E-state index contributed by atoms with van der Waals surface area (Å²) >= 11 is 0. The molecule has 1 aliphatic heterocycles. The van der Waals surface area contributed by atoms with Crippen molar-refractivity contribution in [3.8, 4) is 22.4 Å². The van der Waals surface area contributed by atoms with Gasteiger partial charge in [0, 0.05) is 11.6 Å². The van der Waals surface area contributed by atoms with Crippen molar-refractivity contribution in [2.75, 3.05) is 0 Å². The SMILES string of the molecule is O=S1(=O)N=c2c(c3cc4ccccc4cc3c3ccc(-c4ccccc4)[c-]c23)=N1.[Pt+2].[c-]1ccccc1-c1ccccn1. The van der Waals surface area contributed by atoms with Gasteiger partial charge in [0.1, 0.15) is 0 Å². The fourth-order valence-corrected chi connectivity index (χ4v) is 5.97. The molecule has 0 unspecified atom stereocenters. The van der Waals surface area contributed by atoms with Gasteiger partial charge in [0.25, 0.3) is 0 Å². The van der Waals surface area contributed by atoms with E-state index in [-0.39, 0.29) is 21.1 Å². The van der Waals surface area contributed by atoms with Crippen LogP contribution in [0.3, 0.4) is 0 Å². The van der Waals surface area contributed by atoms with Crippen molar-refractivity contribution in [2.45, 2.75) is 0 Å². The van der Waals surface area contributed by atoms with Crippen molar-refractivity contribution in [1.29, 1.82) is 0 Å². The van der Waals surface area contributed by atoms with Crippen molar-refractivity contribution in [2.24, 2.45) is 8.80 Å². The van der Waals surface area contributed by atoms with E-state index in [0.717, 1.165) is 49.3 Å². The van der Waals surface area contributed by atoms with E-state index in [1.54, 1.807) is 6.20 Å². The molecule has 7 aromatic rings. The number of aromatic nitrogens is 1. The molecule has 0 fully saturated rings. The van der Waals surface area contributed by atoms with Crippen LogP contribution in [-0.2, 0) is 31.3 Å². The van der Waals surface area contributed by atoms with Gasteiger partial charge in [0.15, 0.2) is 0 Å². The minimum Gasteiger partial charge on any atom is -0.305 e. The Hall–Kier alpha value is -4.51. The molecule has 0 radical (unpaired) electrons. The van der Waals surface area contributed by atoms with Crippen LogP contribution in [0.1, 0.15) is 0 Å². The quantitative estimate of drug-likeness (QED) is 0.113. The first-order chi connectivity index (χ1) is 20.1. The minimum atomic E-state index is -3.89. The molecule has 0 atom stereocenters. The van der Waals surface area contributed by atoms with E-state index >= 15 is 0 Å². The Kier molecular flexibility index (Phi) is 7.51. The van der Waals surface area contributed by atoms with Crippen LogP contribution in [0.5, 0.6) is 0 Å². The summed E-state index contributed by atoms with van der Waals surface area (Å²) in [5, 5.41) is 6.23. The normalized spacial score (nSPS) is 12.9. The van der Waals surface area contributed by atoms with Crippen molar-refractivity contribution >= 4 is 42.5 Å². The van der Waals surface area contributed by atoms with E-state index in [1.807, 2.05) is 115 Å². The second-order valence-electron chi connectivity index (χ2n) is 9.59. The molecule has 0 N–H and O–H groups in total. The summed E-state index contributed by atoms with van der Waals surface area (Å²) in [7, 11) is -3.89. The van der Waals surface area contributed by atoms with Crippen molar-refractivity contribution in [3.05, 3.63) is 150 Å². The Bertz CT molecular complexity index is 2280. The molecule has 42 heavy (non-hydrogen) atoms. The van der Waals surface area contributed by atoms with Gasteiger partial charge in [-0.05, 0) is 39.4 Å². The molecule has 0 saturated heterocycles. The van der Waals surface area contributed by atoms with Gasteiger partial charge in [-0.1, -0.05) is 89.1 Å². The van der Waals surface area contributed by atoms with Crippen LogP contribution in [0.15, 0.2) is 136 Å². The van der Waals surface area contributed by atoms with Gasteiger partial charge in [-0.25, -0.2) is 0 Å². The van der Waals surface area contributed by atoms with E-state index < -0.39 is 10.2 Å². The number of nitrogens with zero attached hydrogens (tertiary/aromatic N) is 3. The van der Waals surface area contributed by atoms with Crippen LogP contribution >= 0.6 is 0 Å². The molecule has 204 valence electrons. The number of benzene rings is 6. The number of hydrogen-bond acceptors (Lipinski definition) is 3. The average molecular weight is 743 g/mol. The zero-order chi connectivity index (χ0) is 27.8. The van der Waals surface area contributed by atoms with E-state index in [2.05, 4.69) is 32.0 Å². The topological polar surface area (TPSA) is 71.8 Å². The van der Waals surface area contributed by atoms with E-state index in [4.69, 9.17) is 0 Å². The maximum Gasteiger partial charge on any atom is 2.00 e. The zero-order valence-electron chi connectivity index (χ0n) is 22.0. The molecular formula is C35H21N3O2PtS. The summed E-state index contributed by atoms with van der Waals surface area (Å²) in [6.45, 7) is 0. The molecule has 0 amide bonds. The monoisotopic (exact) mass is 742 g/mol. The summed E-state index contributed by atoms with van der Waals surface area (Å²) in [5.74, 6) is 0. The summed E-state index contributed by atoms with van der Waals surface area (Å²) in [4.78, 5) is 4.22.